The van der Waals surface area contributed by atoms with Gasteiger partial charge >= 0.3 is 0 Å². The van der Waals surface area contributed by atoms with Crippen molar-refractivity contribution >= 4 is 51.4 Å². The fourth-order valence-corrected chi connectivity index (χ4v) is 5.80. The Morgan fingerprint density at radius 1 is 1.11 bits per heavy atom. The summed E-state index contributed by atoms with van der Waals surface area (Å²) in [6.07, 6.45) is 0. The van der Waals surface area contributed by atoms with Gasteiger partial charge < -0.3 is 4.74 Å². The molecule has 0 aliphatic heterocycles. The van der Waals surface area contributed by atoms with Gasteiger partial charge in [0.15, 0.2) is 14.8 Å². The number of carbonyl (C=O) groups excluding carboxylic acids is 1. The summed E-state index contributed by atoms with van der Waals surface area (Å²) in [4.78, 5) is 31.2. The maximum Gasteiger partial charge on any atom is 0.278 e. The Balaban J connectivity index is 2.00. The van der Waals surface area contributed by atoms with E-state index in [0.717, 1.165) is 23.1 Å². The van der Waals surface area contributed by atoms with Crippen LogP contribution in [-0.4, -0.2) is 32.3 Å². The largest absolute Gasteiger partial charge is 0.492 e. The van der Waals surface area contributed by atoms with Gasteiger partial charge in [-0.15, -0.1) is 0 Å². The molecule has 4 aromatic rings. The van der Waals surface area contributed by atoms with Gasteiger partial charge in [0.2, 0.25) is 0 Å². The number of para-hydroxylation sites is 3. The van der Waals surface area contributed by atoms with E-state index in [-0.39, 0.29) is 27.1 Å². The normalized spacial score (nSPS) is 11.7. The standard InChI is InChI=1S/C25H24FN3O3S3/c1-5-32-18-13-9-8-12-17(18)28-21-20(35-24(28)33)22(31)29(16-11-7-6-10-15(16)26)23(27-21)34-14-19(30)25(2,3)4/h6-13H,5,14H2,1-4H3. The van der Waals surface area contributed by atoms with E-state index in [2.05, 4.69) is 0 Å². The molecule has 0 atom stereocenters. The van der Waals surface area contributed by atoms with E-state index in [1.807, 2.05) is 52.0 Å². The monoisotopic (exact) mass is 529 g/mol. The molecular formula is C25H24FN3O3S3. The van der Waals surface area contributed by atoms with Crippen LogP contribution in [0.2, 0.25) is 0 Å². The number of ether oxygens (including phenoxy) is 1. The van der Waals surface area contributed by atoms with Crippen LogP contribution in [0, 0.1) is 15.2 Å². The molecule has 2 heterocycles. The van der Waals surface area contributed by atoms with E-state index in [1.54, 1.807) is 16.7 Å². The summed E-state index contributed by atoms with van der Waals surface area (Å²) in [7, 11) is 0. The van der Waals surface area contributed by atoms with Gasteiger partial charge in [0, 0.05) is 5.41 Å². The van der Waals surface area contributed by atoms with Gasteiger partial charge in [0.05, 0.1) is 23.7 Å². The summed E-state index contributed by atoms with van der Waals surface area (Å²) >= 11 is 7.84. The summed E-state index contributed by atoms with van der Waals surface area (Å²) in [5.74, 6) is 0.101. The molecule has 4 rings (SSSR count). The number of Topliss-reactive ketones (excluding diaryl/α,β-unsaturated/α-hetero) is 1. The van der Waals surface area contributed by atoms with Gasteiger partial charge in [-0.2, -0.15) is 0 Å². The van der Waals surface area contributed by atoms with Crippen molar-refractivity contribution in [3.05, 3.63) is 68.7 Å². The summed E-state index contributed by atoms with van der Waals surface area (Å²) in [6.45, 7) is 7.83. The zero-order chi connectivity index (χ0) is 25.3. The van der Waals surface area contributed by atoms with Crippen molar-refractivity contribution in [3.63, 3.8) is 0 Å². The van der Waals surface area contributed by atoms with Gasteiger partial charge in [-0.25, -0.2) is 9.37 Å². The molecular weight excluding hydrogens is 505 g/mol. The predicted molar refractivity (Wildman–Crippen MR) is 142 cm³/mol. The van der Waals surface area contributed by atoms with Crippen LogP contribution < -0.4 is 10.3 Å². The van der Waals surface area contributed by atoms with Gasteiger partial charge in [0.1, 0.15) is 22.0 Å². The second-order valence-corrected chi connectivity index (χ2v) is 11.3. The van der Waals surface area contributed by atoms with Gasteiger partial charge in [-0.3, -0.25) is 18.7 Å². The average Bonchev–Trinajstić information content (AvgIpc) is 3.14. The van der Waals surface area contributed by atoms with Gasteiger partial charge in [-0.05, 0) is 43.4 Å². The molecule has 0 amide bonds. The predicted octanol–water partition coefficient (Wildman–Crippen LogP) is 6.21. The molecule has 2 aromatic carbocycles. The minimum Gasteiger partial charge on any atom is -0.492 e. The van der Waals surface area contributed by atoms with Crippen LogP contribution in [0.3, 0.4) is 0 Å². The second-order valence-electron chi connectivity index (χ2n) is 8.71. The molecule has 0 saturated heterocycles. The first-order chi connectivity index (χ1) is 16.6. The first-order valence-electron chi connectivity index (χ1n) is 10.9. The minimum atomic E-state index is -0.565. The second kappa shape index (κ2) is 10.0. The van der Waals surface area contributed by atoms with Crippen molar-refractivity contribution in [2.45, 2.75) is 32.9 Å². The molecule has 6 nitrogen and oxygen atoms in total. The molecule has 10 heteroatoms. The maximum atomic E-state index is 14.8. The third kappa shape index (κ3) is 4.96. The number of benzene rings is 2. The third-order valence-corrected chi connectivity index (χ3v) is 7.53. The molecule has 182 valence electrons. The number of fused-ring (bicyclic) bond motifs is 1. The molecule has 0 unspecified atom stereocenters. The Hall–Kier alpha value is -2.82. The highest BCUT2D eigenvalue weighted by Crippen LogP contribution is 2.32. The maximum absolute atomic E-state index is 14.8. The first kappa shape index (κ1) is 25.3. The summed E-state index contributed by atoms with van der Waals surface area (Å²) < 4.78 is 24.2. The molecule has 0 aliphatic carbocycles. The van der Waals surface area contributed by atoms with Gasteiger partial charge in [0.25, 0.3) is 5.56 Å². The SMILES string of the molecule is CCOc1ccccc1-n1c(=S)sc2c(=O)n(-c3ccccc3F)c(SCC(=O)C(C)(C)C)nc21. The number of hydrogen-bond acceptors (Lipinski definition) is 7. The van der Waals surface area contributed by atoms with Crippen molar-refractivity contribution in [2.75, 3.05) is 12.4 Å². The molecule has 0 spiro atoms. The van der Waals surface area contributed by atoms with E-state index in [9.17, 15) is 14.0 Å². The lowest BCUT2D eigenvalue weighted by Crippen LogP contribution is -2.25. The molecule has 0 fully saturated rings. The van der Waals surface area contributed by atoms with Crippen LogP contribution in [0.4, 0.5) is 4.39 Å². The molecule has 0 aliphatic rings. The van der Waals surface area contributed by atoms with E-state index in [4.69, 9.17) is 21.9 Å². The lowest BCUT2D eigenvalue weighted by Gasteiger charge is -2.17. The summed E-state index contributed by atoms with van der Waals surface area (Å²) in [6, 6.07) is 13.4. The molecule has 0 N–H and O–H groups in total. The fraction of sp³-hybridized carbons (Fsp3) is 0.280. The number of carbonyl (C=O) groups is 1. The van der Waals surface area contributed by atoms with Crippen LogP contribution in [0.25, 0.3) is 21.7 Å². The van der Waals surface area contributed by atoms with Crippen molar-refractivity contribution in [1.82, 2.24) is 14.1 Å². The number of aromatic nitrogens is 3. The highest BCUT2D eigenvalue weighted by Gasteiger charge is 2.25. The molecule has 0 radical (unpaired) electrons. The first-order valence-corrected chi connectivity index (χ1v) is 13.2. The van der Waals surface area contributed by atoms with Crippen LogP contribution >= 0.6 is 35.3 Å². The van der Waals surface area contributed by atoms with Crippen molar-refractivity contribution in [3.8, 4) is 17.1 Å². The molecule has 2 aromatic heterocycles. The van der Waals surface area contributed by atoms with E-state index < -0.39 is 16.8 Å². The Kier molecular flexibility index (Phi) is 7.25. The van der Waals surface area contributed by atoms with E-state index >= 15 is 0 Å². The van der Waals surface area contributed by atoms with Crippen molar-refractivity contribution in [2.24, 2.45) is 5.41 Å². The number of rotatable bonds is 7. The molecule has 0 bridgehead atoms. The quantitative estimate of drug-likeness (QED) is 0.161. The number of hydrogen-bond donors (Lipinski definition) is 0. The van der Waals surface area contributed by atoms with Crippen LogP contribution in [-0.2, 0) is 4.79 Å². The highest BCUT2D eigenvalue weighted by molar-refractivity contribution is 7.99. The van der Waals surface area contributed by atoms with Crippen molar-refractivity contribution in [1.29, 1.82) is 0 Å². The average molecular weight is 530 g/mol. The molecule has 0 saturated carbocycles. The number of nitrogens with zero attached hydrogens (tertiary/aromatic N) is 3. The number of thiazole rings is 1. The fourth-order valence-electron chi connectivity index (χ4n) is 3.36. The number of ketones is 1. The summed E-state index contributed by atoms with van der Waals surface area (Å²) in [5, 5.41) is 0.209. The Bertz CT molecular complexity index is 1530. The van der Waals surface area contributed by atoms with E-state index in [0.29, 0.717) is 27.6 Å². The van der Waals surface area contributed by atoms with Gasteiger partial charge in [-0.1, -0.05) is 68.1 Å². The highest BCUT2D eigenvalue weighted by atomic mass is 32.2. The number of halogens is 1. The third-order valence-electron chi connectivity index (χ3n) is 5.25. The summed E-state index contributed by atoms with van der Waals surface area (Å²) in [5.41, 5.74) is 0.0539. The Morgan fingerprint density at radius 2 is 1.77 bits per heavy atom. The van der Waals surface area contributed by atoms with E-state index in [1.165, 1.54) is 16.7 Å². The smallest absolute Gasteiger partial charge is 0.278 e. The zero-order valence-corrected chi connectivity index (χ0v) is 22.2. The Labute approximate surface area is 215 Å². The van der Waals surface area contributed by atoms with Crippen molar-refractivity contribution < 1.29 is 13.9 Å². The van der Waals surface area contributed by atoms with Crippen LogP contribution in [0.1, 0.15) is 27.7 Å². The lowest BCUT2D eigenvalue weighted by atomic mass is 9.92. The molecule has 35 heavy (non-hydrogen) atoms. The number of thioether (sulfide) groups is 1. The lowest BCUT2D eigenvalue weighted by molar-refractivity contribution is -0.123. The van der Waals surface area contributed by atoms with Crippen LogP contribution in [0.5, 0.6) is 5.75 Å². The van der Waals surface area contributed by atoms with Crippen LogP contribution in [0.15, 0.2) is 58.5 Å². The topological polar surface area (TPSA) is 66.1 Å². The Morgan fingerprint density at radius 3 is 2.43 bits per heavy atom. The zero-order valence-electron chi connectivity index (χ0n) is 19.7. The minimum absolute atomic E-state index is 0.0132.